The number of benzene rings is 1. The van der Waals surface area contributed by atoms with Crippen molar-refractivity contribution in [1.29, 1.82) is 0 Å². The van der Waals surface area contributed by atoms with E-state index in [4.69, 9.17) is 16.6 Å². The minimum Gasteiger partial charge on any atom is -0.480 e. The maximum atomic E-state index is 11.8. The monoisotopic (exact) mass is 316 g/mol. The maximum Gasteiger partial charge on any atom is 0.354 e. The lowest BCUT2D eigenvalue weighted by Crippen LogP contribution is -2.38. The number of aliphatic carboxylic acids is 1. The molecule has 0 aliphatic carbocycles. The fraction of sp³-hybridized carbons (Fsp3) is 0.312. The Morgan fingerprint density at radius 1 is 1.22 bits per heavy atom. The Labute approximate surface area is 133 Å². The van der Waals surface area contributed by atoms with Crippen LogP contribution in [0.4, 0.5) is 5.82 Å². The van der Waals surface area contributed by atoms with E-state index in [0.717, 1.165) is 5.56 Å². The molecule has 2 aromatic rings. The fourth-order valence-corrected chi connectivity index (χ4v) is 2.63. The number of carboxylic acid groups (broad SMARTS) is 1. The summed E-state index contributed by atoms with van der Waals surface area (Å²) in [6.07, 6.45) is 1.54. The molecular formula is C16H20N4O3. The molecule has 0 aliphatic heterocycles. The van der Waals surface area contributed by atoms with Crippen molar-refractivity contribution in [3.8, 4) is 5.69 Å². The Bertz CT molecular complexity index is 753. The molecule has 5 N–H and O–H groups in total. The minimum atomic E-state index is -1.04. The molecule has 2 unspecified atom stereocenters. The molecule has 1 heterocycles. The molecule has 23 heavy (non-hydrogen) atoms. The quantitative estimate of drug-likeness (QED) is 0.755. The van der Waals surface area contributed by atoms with Gasteiger partial charge in [0, 0.05) is 12.1 Å². The minimum absolute atomic E-state index is 0.0628. The zero-order valence-corrected chi connectivity index (χ0v) is 13.0. The Hall–Kier alpha value is -2.67. The maximum absolute atomic E-state index is 11.8. The van der Waals surface area contributed by atoms with Gasteiger partial charge in [-0.2, -0.15) is 4.98 Å². The van der Waals surface area contributed by atoms with E-state index in [-0.39, 0.29) is 17.7 Å². The number of nitrogens with two attached hydrogens (primary N) is 2. The van der Waals surface area contributed by atoms with Crippen molar-refractivity contribution < 1.29 is 9.90 Å². The van der Waals surface area contributed by atoms with Crippen LogP contribution in [0.15, 0.2) is 41.3 Å². The Morgan fingerprint density at radius 3 is 2.30 bits per heavy atom. The summed E-state index contributed by atoms with van der Waals surface area (Å²) in [5.41, 5.74) is 12.2. The molecule has 0 spiro atoms. The SMILES string of the molecule is CC(C)C(c1ccc(-n2ccc(N)nc2=O)cc1)C(N)C(=O)O. The smallest absolute Gasteiger partial charge is 0.354 e. The lowest BCUT2D eigenvalue weighted by Gasteiger charge is -2.25. The van der Waals surface area contributed by atoms with Crippen molar-refractivity contribution in [1.82, 2.24) is 9.55 Å². The molecule has 2 atom stereocenters. The van der Waals surface area contributed by atoms with Crippen LogP contribution >= 0.6 is 0 Å². The molecule has 0 bridgehead atoms. The van der Waals surface area contributed by atoms with Crippen LogP contribution < -0.4 is 17.2 Å². The van der Waals surface area contributed by atoms with Crippen LogP contribution in [0.25, 0.3) is 5.69 Å². The van der Waals surface area contributed by atoms with Gasteiger partial charge in [-0.1, -0.05) is 26.0 Å². The highest BCUT2D eigenvalue weighted by molar-refractivity contribution is 5.74. The lowest BCUT2D eigenvalue weighted by atomic mass is 9.83. The summed E-state index contributed by atoms with van der Waals surface area (Å²) in [5.74, 6) is -1.13. The van der Waals surface area contributed by atoms with Crippen LogP contribution in [-0.4, -0.2) is 26.7 Å². The van der Waals surface area contributed by atoms with Crippen LogP contribution in [0, 0.1) is 5.92 Å². The topological polar surface area (TPSA) is 124 Å². The lowest BCUT2D eigenvalue weighted by molar-refractivity contribution is -0.139. The van der Waals surface area contributed by atoms with Crippen molar-refractivity contribution in [2.24, 2.45) is 11.7 Å². The second-order valence-electron chi connectivity index (χ2n) is 5.73. The summed E-state index contributed by atoms with van der Waals surface area (Å²) in [6.45, 7) is 3.85. The van der Waals surface area contributed by atoms with Gasteiger partial charge in [-0.3, -0.25) is 9.36 Å². The van der Waals surface area contributed by atoms with E-state index in [1.54, 1.807) is 30.5 Å². The van der Waals surface area contributed by atoms with Gasteiger partial charge < -0.3 is 16.6 Å². The van der Waals surface area contributed by atoms with E-state index in [1.807, 2.05) is 13.8 Å². The molecule has 1 aromatic heterocycles. The van der Waals surface area contributed by atoms with Crippen molar-refractivity contribution >= 4 is 11.8 Å². The van der Waals surface area contributed by atoms with E-state index in [1.165, 1.54) is 10.6 Å². The van der Waals surface area contributed by atoms with E-state index < -0.39 is 17.7 Å². The van der Waals surface area contributed by atoms with Gasteiger partial charge in [0.25, 0.3) is 0 Å². The number of hydrogen-bond acceptors (Lipinski definition) is 5. The molecule has 7 nitrogen and oxygen atoms in total. The van der Waals surface area contributed by atoms with Crippen LogP contribution in [-0.2, 0) is 4.79 Å². The molecule has 0 fully saturated rings. The average Bonchev–Trinajstić information content (AvgIpc) is 2.48. The van der Waals surface area contributed by atoms with E-state index >= 15 is 0 Å². The number of nitrogen functional groups attached to an aromatic ring is 1. The second-order valence-corrected chi connectivity index (χ2v) is 5.73. The number of aromatic nitrogens is 2. The van der Waals surface area contributed by atoms with Gasteiger partial charge in [-0.05, 0) is 29.7 Å². The molecule has 0 saturated heterocycles. The summed E-state index contributed by atoms with van der Waals surface area (Å²) in [7, 11) is 0. The predicted octanol–water partition coefficient (Wildman–Crippen LogP) is 0.966. The standard InChI is InChI=1S/C16H20N4O3/c1-9(2)13(14(18)15(21)22)10-3-5-11(6-4-10)20-8-7-12(17)19-16(20)23/h3-9,13-14H,18H2,1-2H3,(H,21,22)(H2,17,19,23). The Balaban J connectivity index is 2.38. The fourth-order valence-electron chi connectivity index (χ4n) is 2.63. The van der Waals surface area contributed by atoms with Crippen molar-refractivity contribution in [3.05, 3.63) is 52.6 Å². The molecule has 122 valence electrons. The highest BCUT2D eigenvalue weighted by Crippen LogP contribution is 2.28. The van der Waals surface area contributed by atoms with Gasteiger partial charge in [-0.15, -0.1) is 0 Å². The molecule has 0 saturated carbocycles. The number of anilines is 1. The first-order valence-corrected chi connectivity index (χ1v) is 7.25. The number of carbonyl (C=O) groups is 1. The molecule has 0 aliphatic rings. The first-order chi connectivity index (χ1) is 10.8. The zero-order valence-electron chi connectivity index (χ0n) is 13.0. The average molecular weight is 316 g/mol. The van der Waals surface area contributed by atoms with Gasteiger partial charge in [0.1, 0.15) is 11.9 Å². The largest absolute Gasteiger partial charge is 0.480 e. The molecule has 1 aromatic carbocycles. The van der Waals surface area contributed by atoms with Gasteiger partial charge in [0.05, 0.1) is 5.69 Å². The molecular weight excluding hydrogens is 296 g/mol. The van der Waals surface area contributed by atoms with Gasteiger partial charge >= 0.3 is 11.7 Å². The van der Waals surface area contributed by atoms with Gasteiger partial charge in [0.2, 0.25) is 0 Å². The number of hydrogen-bond donors (Lipinski definition) is 3. The van der Waals surface area contributed by atoms with E-state index in [2.05, 4.69) is 4.98 Å². The highest BCUT2D eigenvalue weighted by Gasteiger charge is 2.28. The van der Waals surface area contributed by atoms with Crippen LogP contribution in [0.3, 0.4) is 0 Å². The Morgan fingerprint density at radius 2 is 1.83 bits per heavy atom. The third-order valence-electron chi connectivity index (χ3n) is 3.77. The summed E-state index contributed by atoms with van der Waals surface area (Å²) >= 11 is 0. The van der Waals surface area contributed by atoms with Crippen molar-refractivity contribution in [2.75, 3.05) is 5.73 Å². The zero-order chi connectivity index (χ0) is 17.1. The van der Waals surface area contributed by atoms with E-state index in [0.29, 0.717) is 5.69 Å². The number of rotatable bonds is 5. The first kappa shape index (κ1) is 16.7. The Kier molecular flexibility index (Phi) is 4.80. The summed E-state index contributed by atoms with van der Waals surface area (Å²) in [5, 5.41) is 9.17. The molecule has 2 rings (SSSR count). The van der Waals surface area contributed by atoms with Crippen LogP contribution in [0.5, 0.6) is 0 Å². The predicted molar refractivity (Wildman–Crippen MR) is 87.4 cm³/mol. The highest BCUT2D eigenvalue weighted by atomic mass is 16.4. The summed E-state index contributed by atoms with van der Waals surface area (Å²) in [4.78, 5) is 26.7. The first-order valence-electron chi connectivity index (χ1n) is 7.25. The van der Waals surface area contributed by atoms with Gasteiger partial charge in [-0.25, -0.2) is 4.79 Å². The number of nitrogens with zero attached hydrogens (tertiary/aromatic N) is 2. The van der Waals surface area contributed by atoms with Crippen LogP contribution in [0.1, 0.15) is 25.3 Å². The second kappa shape index (κ2) is 6.62. The van der Waals surface area contributed by atoms with Crippen LogP contribution in [0.2, 0.25) is 0 Å². The summed E-state index contributed by atoms with van der Waals surface area (Å²) in [6, 6.07) is 7.59. The van der Waals surface area contributed by atoms with Gasteiger partial charge in [0.15, 0.2) is 0 Å². The third kappa shape index (κ3) is 3.57. The third-order valence-corrected chi connectivity index (χ3v) is 3.77. The number of carboxylic acids is 1. The summed E-state index contributed by atoms with van der Waals surface area (Å²) < 4.78 is 1.36. The molecule has 0 amide bonds. The van der Waals surface area contributed by atoms with Crippen molar-refractivity contribution in [2.45, 2.75) is 25.8 Å². The molecule has 0 radical (unpaired) electrons. The molecule has 7 heteroatoms. The van der Waals surface area contributed by atoms with Crippen molar-refractivity contribution in [3.63, 3.8) is 0 Å². The normalized spacial score (nSPS) is 13.7. The van der Waals surface area contributed by atoms with E-state index in [9.17, 15) is 9.59 Å².